The van der Waals surface area contributed by atoms with Gasteiger partial charge < -0.3 is 25.1 Å². The van der Waals surface area contributed by atoms with Gasteiger partial charge in [-0.15, -0.1) is 0 Å². The first-order valence-electron chi connectivity index (χ1n) is 16.9. The van der Waals surface area contributed by atoms with Crippen LogP contribution in [0.3, 0.4) is 0 Å². The van der Waals surface area contributed by atoms with Gasteiger partial charge in [-0.3, -0.25) is 14.5 Å². The van der Waals surface area contributed by atoms with Gasteiger partial charge in [-0.2, -0.15) is 0 Å². The van der Waals surface area contributed by atoms with Crippen molar-refractivity contribution in [2.75, 3.05) is 65.4 Å². The minimum atomic E-state index is -0.854. The molecule has 3 fully saturated rings. The van der Waals surface area contributed by atoms with Crippen molar-refractivity contribution in [3.63, 3.8) is 0 Å². The molecule has 3 amide bonds. The molecule has 9 nitrogen and oxygen atoms in total. The van der Waals surface area contributed by atoms with Gasteiger partial charge in [-0.25, -0.2) is 4.79 Å². The molecule has 6 rings (SSSR count). The molecule has 1 atom stereocenters. The summed E-state index contributed by atoms with van der Waals surface area (Å²) >= 11 is 18.9. The maximum absolute atomic E-state index is 13.6. The highest BCUT2D eigenvalue weighted by atomic mass is 35.5. The molecule has 12 heteroatoms. The van der Waals surface area contributed by atoms with Crippen molar-refractivity contribution in [3.05, 3.63) is 105 Å². The molecule has 0 saturated carbocycles. The summed E-state index contributed by atoms with van der Waals surface area (Å²) in [4.78, 5) is 46.3. The largest absolute Gasteiger partial charge is 0.480 e. The maximum atomic E-state index is 13.6. The monoisotopic (exact) mass is 725 g/mol. The SMILES string of the molecule is O=C(O)CN1CCN(C(=O)NC2(c3ccccc3)CCN(CCC3(c4ccc(Cl)c(Cl)c4)CCN(C(=O)c4ccc(Cl)cc4)C3)CC2)CC1. The summed E-state index contributed by atoms with van der Waals surface area (Å²) in [7, 11) is 0. The highest BCUT2D eigenvalue weighted by molar-refractivity contribution is 6.42. The van der Waals surface area contributed by atoms with Crippen molar-refractivity contribution < 1.29 is 19.5 Å². The van der Waals surface area contributed by atoms with E-state index >= 15 is 0 Å². The number of piperidine rings is 1. The van der Waals surface area contributed by atoms with Crippen molar-refractivity contribution in [1.29, 1.82) is 0 Å². The highest BCUT2D eigenvalue weighted by Gasteiger charge is 2.43. The standard InChI is InChI=1S/C37H42Cl3N5O4/c38-30-9-6-27(7-10-30)34(48)45-19-13-36(26-45,29-8-11-31(39)32(40)24-29)12-16-42-17-14-37(15-18-42,28-4-2-1-3-5-28)41-35(49)44-22-20-43(21-23-44)25-33(46)47/h1-11,24H,12-23,25-26H2,(H,41,49)(H,46,47). The summed E-state index contributed by atoms with van der Waals surface area (Å²) in [5, 5.41) is 14.2. The number of carbonyl (C=O) groups excluding carboxylic acids is 2. The Morgan fingerprint density at radius 2 is 1.41 bits per heavy atom. The van der Waals surface area contributed by atoms with E-state index in [1.165, 1.54) is 0 Å². The number of carboxylic acid groups (broad SMARTS) is 1. The average Bonchev–Trinajstić information content (AvgIpc) is 3.55. The number of halogens is 3. The normalized spacial score (nSPS) is 21.4. The van der Waals surface area contributed by atoms with Gasteiger partial charge in [0.15, 0.2) is 0 Å². The van der Waals surface area contributed by atoms with Gasteiger partial charge in [0, 0.05) is 68.4 Å². The molecule has 3 saturated heterocycles. The maximum Gasteiger partial charge on any atom is 0.318 e. The van der Waals surface area contributed by atoms with E-state index in [9.17, 15) is 14.4 Å². The van der Waals surface area contributed by atoms with E-state index in [0.29, 0.717) is 59.9 Å². The van der Waals surface area contributed by atoms with E-state index in [1.54, 1.807) is 29.2 Å². The van der Waals surface area contributed by atoms with Crippen LogP contribution in [0.1, 0.15) is 47.2 Å². The summed E-state index contributed by atoms with van der Waals surface area (Å²) in [6, 6.07) is 22.9. The molecule has 0 aliphatic carbocycles. The van der Waals surface area contributed by atoms with Gasteiger partial charge in [-0.1, -0.05) is 71.2 Å². The van der Waals surface area contributed by atoms with Crippen LogP contribution in [-0.4, -0.2) is 108 Å². The molecule has 3 aliphatic rings. The minimum absolute atomic E-state index is 0.0109. The molecule has 3 aromatic rings. The molecule has 3 heterocycles. The highest BCUT2D eigenvalue weighted by Crippen LogP contribution is 2.41. The number of urea groups is 1. The van der Waals surface area contributed by atoms with Crippen LogP contribution >= 0.6 is 34.8 Å². The van der Waals surface area contributed by atoms with Gasteiger partial charge >= 0.3 is 12.0 Å². The van der Waals surface area contributed by atoms with Crippen LogP contribution < -0.4 is 5.32 Å². The number of benzene rings is 3. The molecular weight excluding hydrogens is 685 g/mol. The zero-order valence-corrected chi connectivity index (χ0v) is 29.7. The van der Waals surface area contributed by atoms with Gasteiger partial charge in [0.25, 0.3) is 5.91 Å². The number of hydrogen-bond donors (Lipinski definition) is 2. The quantitative estimate of drug-likeness (QED) is 0.272. The molecule has 0 spiro atoms. The molecule has 260 valence electrons. The van der Waals surface area contributed by atoms with E-state index in [1.807, 2.05) is 46.2 Å². The smallest absolute Gasteiger partial charge is 0.318 e. The second-order valence-electron chi connectivity index (χ2n) is 13.5. The van der Waals surface area contributed by atoms with E-state index in [2.05, 4.69) is 22.3 Å². The van der Waals surface area contributed by atoms with E-state index in [0.717, 1.165) is 56.4 Å². The topological polar surface area (TPSA) is 96.4 Å². The predicted octanol–water partition coefficient (Wildman–Crippen LogP) is 6.22. The van der Waals surface area contributed by atoms with Crippen LogP contribution in [0, 0.1) is 0 Å². The Morgan fingerprint density at radius 3 is 2.06 bits per heavy atom. The lowest BCUT2D eigenvalue weighted by molar-refractivity contribution is -0.138. The molecule has 2 N–H and O–H groups in total. The molecule has 1 unspecified atom stereocenters. The lowest BCUT2D eigenvalue weighted by Crippen LogP contribution is -2.59. The van der Waals surface area contributed by atoms with Crippen LogP contribution in [0.4, 0.5) is 4.79 Å². The zero-order valence-electron chi connectivity index (χ0n) is 27.4. The van der Waals surface area contributed by atoms with Crippen molar-refractivity contribution in [3.8, 4) is 0 Å². The molecule has 0 bridgehead atoms. The number of likely N-dealkylation sites (tertiary alicyclic amines) is 2. The van der Waals surface area contributed by atoms with Crippen molar-refractivity contribution in [2.24, 2.45) is 0 Å². The van der Waals surface area contributed by atoms with Crippen LogP contribution in [-0.2, 0) is 15.7 Å². The third-order valence-corrected chi connectivity index (χ3v) is 11.6. The minimum Gasteiger partial charge on any atom is -0.480 e. The number of rotatable bonds is 9. The Morgan fingerprint density at radius 1 is 0.714 bits per heavy atom. The molecule has 49 heavy (non-hydrogen) atoms. The molecule has 3 aromatic carbocycles. The van der Waals surface area contributed by atoms with E-state index < -0.39 is 11.5 Å². The first-order chi connectivity index (χ1) is 23.6. The van der Waals surface area contributed by atoms with Crippen LogP contribution in [0.5, 0.6) is 0 Å². The van der Waals surface area contributed by atoms with Crippen LogP contribution in [0.2, 0.25) is 15.1 Å². The predicted molar refractivity (Wildman–Crippen MR) is 193 cm³/mol. The number of nitrogens with one attached hydrogen (secondary N) is 1. The van der Waals surface area contributed by atoms with Crippen molar-refractivity contribution in [2.45, 2.75) is 36.6 Å². The second-order valence-corrected chi connectivity index (χ2v) is 14.8. The van der Waals surface area contributed by atoms with E-state index in [4.69, 9.17) is 39.9 Å². The Balaban J connectivity index is 1.14. The Bertz CT molecular complexity index is 1640. The Kier molecular flexibility index (Phi) is 11.1. The number of hydrogen-bond acceptors (Lipinski definition) is 5. The first-order valence-corrected chi connectivity index (χ1v) is 18.0. The van der Waals surface area contributed by atoms with Gasteiger partial charge in [0.1, 0.15) is 0 Å². The summed E-state index contributed by atoms with van der Waals surface area (Å²) in [5.74, 6) is -0.865. The molecule has 0 radical (unpaired) electrons. The number of amides is 3. The van der Waals surface area contributed by atoms with Gasteiger partial charge in [0.05, 0.1) is 22.1 Å². The summed E-state index contributed by atoms with van der Waals surface area (Å²) in [6.07, 6.45) is 3.15. The zero-order chi connectivity index (χ0) is 34.6. The van der Waals surface area contributed by atoms with Crippen LogP contribution in [0.25, 0.3) is 0 Å². The molecule has 0 aromatic heterocycles. The fourth-order valence-corrected chi connectivity index (χ4v) is 8.01. The number of carbonyl (C=O) groups is 3. The van der Waals surface area contributed by atoms with Crippen molar-refractivity contribution in [1.82, 2.24) is 24.9 Å². The fraction of sp³-hybridized carbons (Fsp3) is 0.432. The average molecular weight is 727 g/mol. The Labute approximate surface area is 302 Å². The van der Waals surface area contributed by atoms with E-state index in [-0.39, 0.29) is 23.9 Å². The fourth-order valence-electron chi connectivity index (χ4n) is 7.59. The second kappa shape index (κ2) is 15.3. The van der Waals surface area contributed by atoms with Crippen LogP contribution in [0.15, 0.2) is 72.8 Å². The number of carboxylic acids is 1. The number of piperazine rings is 1. The molecular formula is C37H42Cl3N5O4. The van der Waals surface area contributed by atoms with Gasteiger partial charge in [0.2, 0.25) is 0 Å². The van der Waals surface area contributed by atoms with Crippen molar-refractivity contribution >= 4 is 52.7 Å². The summed E-state index contributed by atoms with van der Waals surface area (Å²) < 4.78 is 0. The third kappa shape index (κ3) is 8.18. The Hall–Kier alpha value is -3.34. The molecule has 3 aliphatic heterocycles. The summed E-state index contributed by atoms with van der Waals surface area (Å²) in [5.41, 5.74) is 1.99. The third-order valence-electron chi connectivity index (χ3n) is 10.6. The van der Waals surface area contributed by atoms with Gasteiger partial charge in [-0.05, 0) is 79.8 Å². The summed E-state index contributed by atoms with van der Waals surface area (Å²) in [6.45, 7) is 5.67. The number of aliphatic carboxylic acids is 1. The lowest BCUT2D eigenvalue weighted by atomic mass is 9.76. The lowest BCUT2D eigenvalue weighted by Gasteiger charge is -2.45. The first kappa shape index (κ1) is 35.5. The number of nitrogens with zero attached hydrogens (tertiary/aromatic N) is 4.